The number of rotatable bonds is 5. The minimum absolute atomic E-state index is 0.582. The van der Waals surface area contributed by atoms with Crippen LogP contribution < -0.4 is 14.9 Å². The molecule has 1 aromatic carbocycles. The summed E-state index contributed by atoms with van der Waals surface area (Å²) in [6.07, 6.45) is 5.45. The third-order valence-electron chi connectivity index (χ3n) is 4.24. The number of nitrogens with one attached hydrogen (secondary N) is 1. The molecule has 0 saturated heterocycles. The Labute approximate surface area is 169 Å². The second kappa shape index (κ2) is 7.66. The van der Waals surface area contributed by atoms with Gasteiger partial charge >= 0.3 is 0 Å². The lowest BCUT2D eigenvalue weighted by atomic mass is 10.1. The highest BCUT2D eigenvalue weighted by Gasteiger charge is 2.12. The number of hydrogen-bond acceptors (Lipinski definition) is 5. The molecule has 0 unspecified atom stereocenters. The summed E-state index contributed by atoms with van der Waals surface area (Å²) in [5.74, 6) is 0.792. The van der Waals surface area contributed by atoms with Crippen LogP contribution >= 0.6 is 15.9 Å². The van der Waals surface area contributed by atoms with E-state index in [2.05, 4.69) is 32.4 Å². The first-order chi connectivity index (χ1) is 13.7. The maximum Gasteiger partial charge on any atom is 0.227 e. The summed E-state index contributed by atoms with van der Waals surface area (Å²) >= 11 is 3.50. The van der Waals surface area contributed by atoms with E-state index in [-0.39, 0.29) is 0 Å². The van der Waals surface area contributed by atoms with Crippen molar-refractivity contribution in [3.05, 3.63) is 76.7 Å². The maximum atomic E-state index is 9.18. The Hall–Kier alpha value is -3.44. The molecule has 8 heteroatoms. The summed E-state index contributed by atoms with van der Waals surface area (Å²) in [6.45, 7) is 0.582. The maximum absolute atomic E-state index is 9.18. The SMILES string of the molecule is CO[n+]1cccc(CNc2cc(-c3cccc(C#N)c3)nc3c(Br)cnn23)c1. The van der Waals surface area contributed by atoms with E-state index in [0.29, 0.717) is 17.8 Å². The summed E-state index contributed by atoms with van der Waals surface area (Å²) in [6, 6.07) is 15.4. The molecule has 138 valence electrons. The second-order valence-corrected chi connectivity index (χ2v) is 6.91. The van der Waals surface area contributed by atoms with Gasteiger partial charge in [-0.2, -0.15) is 14.9 Å². The zero-order chi connectivity index (χ0) is 19.5. The van der Waals surface area contributed by atoms with Crippen LogP contribution in [0.2, 0.25) is 0 Å². The first kappa shape index (κ1) is 17.9. The van der Waals surface area contributed by atoms with Crippen LogP contribution in [0.4, 0.5) is 5.82 Å². The predicted octanol–water partition coefficient (Wildman–Crippen LogP) is 2.99. The number of hydrogen-bond donors (Lipinski definition) is 1. The Morgan fingerprint density at radius 1 is 1.29 bits per heavy atom. The van der Waals surface area contributed by atoms with Gasteiger partial charge in [0.25, 0.3) is 0 Å². The van der Waals surface area contributed by atoms with Crippen molar-refractivity contribution in [1.29, 1.82) is 5.26 Å². The molecule has 0 saturated carbocycles. The molecular weight excluding hydrogens is 420 g/mol. The average Bonchev–Trinajstić information content (AvgIpc) is 3.13. The van der Waals surface area contributed by atoms with Gasteiger partial charge in [0.05, 0.1) is 28.0 Å². The molecule has 0 atom stereocenters. The third-order valence-corrected chi connectivity index (χ3v) is 4.80. The van der Waals surface area contributed by atoms with Gasteiger partial charge in [-0.25, -0.2) is 4.98 Å². The average molecular weight is 436 g/mol. The molecule has 7 nitrogen and oxygen atoms in total. The van der Waals surface area contributed by atoms with Crippen LogP contribution in [0.25, 0.3) is 16.9 Å². The quantitative estimate of drug-likeness (QED) is 0.487. The van der Waals surface area contributed by atoms with Gasteiger partial charge in [-0.05, 0) is 34.1 Å². The highest BCUT2D eigenvalue weighted by molar-refractivity contribution is 9.10. The van der Waals surface area contributed by atoms with Crippen molar-refractivity contribution in [2.75, 3.05) is 12.4 Å². The van der Waals surface area contributed by atoms with Gasteiger partial charge in [0.15, 0.2) is 5.65 Å². The van der Waals surface area contributed by atoms with E-state index in [4.69, 9.17) is 9.82 Å². The number of nitriles is 1. The molecule has 0 aliphatic carbocycles. The lowest BCUT2D eigenvalue weighted by Crippen LogP contribution is -2.40. The van der Waals surface area contributed by atoms with Crippen LogP contribution in [-0.4, -0.2) is 21.7 Å². The third kappa shape index (κ3) is 3.52. The minimum atomic E-state index is 0.582. The van der Waals surface area contributed by atoms with Crippen LogP contribution in [0, 0.1) is 11.3 Å². The van der Waals surface area contributed by atoms with Gasteiger partial charge in [-0.3, -0.25) is 4.84 Å². The number of nitrogens with zero attached hydrogens (tertiary/aromatic N) is 5. The van der Waals surface area contributed by atoms with Crippen LogP contribution in [0.1, 0.15) is 11.1 Å². The molecule has 0 aliphatic rings. The van der Waals surface area contributed by atoms with Gasteiger partial charge in [0.2, 0.25) is 12.4 Å². The number of pyridine rings is 1. The minimum Gasteiger partial charge on any atom is -0.366 e. The Kier molecular flexibility index (Phi) is 4.91. The molecule has 4 aromatic rings. The zero-order valence-corrected chi connectivity index (χ0v) is 16.6. The first-order valence-corrected chi connectivity index (χ1v) is 9.30. The fourth-order valence-electron chi connectivity index (χ4n) is 2.87. The predicted molar refractivity (Wildman–Crippen MR) is 107 cm³/mol. The Morgan fingerprint density at radius 2 is 2.18 bits per heavy atom. The van der Waals surface area contributed by atoms with Crippen LogP contribution in [0.5, 0.6) is 0 Å². The molecule has 0 spiro atoms. The molecule has 3 heterocycles. The standard InChI is InChI=1S/C20H16BrN6O/c1-28-26-7-3-5-15(13-26)11-23-19-9-18(16-6-2-4-14(8-16)10-22)25-20-17(21)12-24-27(19)20/h2-9,12-13,23H,11H2,1H3/q+1. The van der Waals surface area contributed by atoms with Crippen molar-refractivity contribution in [2.45, 2.75) is 6.54 Å². The van der Waals surface area contributed by atoms with Gasteiger partial charge in [-0.15, -0.1) is 0 Å². The lowest BCUT2D eigenvalue weighted by molar-refractivity contribution is -0.885. The molecule has 4 rings (SSSR count). The fraction of sp³-hybridized carbons (Fsp3) is 0.100. The van der Waals surface area contributed by atoms with Crippen LogP contribution in [-0.2, 0) is 6.54 Å². The molecule has 1 N–H and O–H groups in total. The van der Waals surface area contributed by atoms with Gasteiger partial charge in [0.1, 0.15) is 12.9 Å². The lowest BCUT2D eigenvalue weighted by Gasteiger charge is -2.11. The van der Waals surface area contributed by atoms with E-state index < -0.39 is 0 Å². The fourth-order valence-corrected chi connectivity index (χ4v) is 3.22. The second-order valence-electron chi connectivity index (χ2n) is 6.06. The Balaban J connectivity index is 1.73. The molecule has 0 fully saturated rings. The van der Waals surface area contributed by atoms with E-state index >= 15 is 0 Å². The normalized spacial score (nSPS) is 10.6. The first-order valence-electron chi connectivity index (χ1n) is 8.51. The monoisotopic (exact) mass is 435 g/mol. The summed E-state index contributed by atoms with van der Waals surface area (Å²) in [5, 5.41) is 17.0. The zero-order valence-electron chi connectivity index (χ0n) is 15.0. The van der Waals surface area contributed by atoms with E-state index in [9.17, 15) is 5.26 Å². The van der Waals surface area contributed by atoms with Crippen LogP contribution in [0.15, 0.2) is 65.5 Å². The van der Waals surface area contributed by atoms with E-state index in [1.54, 1.807) is 28.6 Å². The van der Waals surface area contributed by atoms with Gasteiger partial charge < -0.3 is 5.32 Å². The Bertz CT molecular complexity index is 1200. The van der Waals surface area contributed by atoms with Crippen molar-refractivity contribution in [3.63, 3.8) is 0 Å². The van der Waals surface area contributed by atoms with Crippen molar-refractivity contribution in [1.82, 2.24) is 14.6 Å². The van der Waals surface area contributed by atoms with Crippen molar-refractivity contribution in [2.24, 2.45) is 0 Å². The highest BCUT2D eigenvalue weighted by Crippen LogP contribution is 2.26. The smallest absolute Gasteiger partial charge is 0.227 e. The van der Waals surface area contributed by atoms with E-state index in [1.807, 2.05) is 48.8 Å². The summed E-state index contributed by atoms with van der Waals surface area (Å²) < 4.78 is 4.18. The molecular formula is C20H16BrN6O+. The highest BCUT2D eigenvalue weighted by atomic mass is 79.9. The number of benzene rings is 1. The van der Waals surface area contributed by atoms with E-state index in [0.717, 1.165) is 27.1 Å². The molecule has 0 amide bonds. The number of fused-ring (bicyclic) bond motifs is 1. The molecule has 0 aliphatic heterocycles. The largest absolute Gasteiger partial charge is 0.366 e. The van der Waals surface area contributed by atoms with E-state index in [1.165, 1.54) is 0 Å². The topological polar surface area (TPSA) is 79.1 Å². The molecule has 0 radical (unpaired) electrons. The van der Waals surface area contributed by atoms with Crippen LogP contribution in [0.3, 0.4) is 0 Å². The van der Waals surface area contributed by atoms with Gasteiger partial charge in [0, 0.05) is 34.5 Å². The van der Waals surface area contributed by atoms with Crippen molar-refractivity contribution in [3.8, 4) is 17.3 Å². The van der Waals surface area contributed by atoms with Gasteiger partial charge in [-0.1, -0.05) is 12.1 Å². The number of halogens is 1. The molecule has 3 aromatic heterocycles. The summed E-state index contributed by atoms with van der Waals surface area (Å²) in [7, 11) is 1.62. The number of anilines is 1. The van der Waals surface area contributed by atoms with Crippen molar-refractivity contribution >= 4 is 27.4 Å². The molecule has 0 bridgehead atoms. The Morgan fingerprint density at radius 3 is 3.00 bits per heavy atom. The summed E-state index contributed by atoms with van der Waals surface area (Å²) in [4.78, 5) is 9.91. The van der Waals surface area contributed by atoms with Crippen molar-refractivity contribution < 1.29 is 9.57 Å². The summed E-state index contributed by atoms with van der Waals surface area (Å²) in [5.41, 5.74) is 3.97. The number of aromatic nitrogens is 4. The molecule has 28 heavy (non-hydrogen) atoms.